The highest BCUT2D eigenvalue weighted by Gasteiger charge is 2.25. The first-order valence-corrected chi connectivity index (χ1v) is 8.18. The zero-order valence-corrected chi connectivity index (χ0v) is 14.7. The van der Waals surface area contributed by atoms with Gasteiger partial charge in [0, 0.05) is 31.6 Å². The molecule has 0 aliphatic rings. The van der Waals surface area contributed by atoms with Crippen molar-refractivity contribution in [2.45, 2.75) is 39.3 Å². The van der Waals surface area contributed by atoms with Gasteiger partial charge < -0.3 is 15.0 Å². The van der Waals surface area contributed by atoms with E-state index in [0.29, 0.717) is 31.1 Å². The fourth-order valence-electron chi connectivity index (χ4n) is 2.15. The minimum absolute atomic E-state index is 0.0307. The third-order valence-corrected chi connectivity index (χ3v) is 3.75. The first-order valence-electron chi connectivity index (χ1n) is 7.80. The van der Waals surface area contributed by atoms with Crippen molar-refractivity contribution < 1.29 is 14.3 Å². The van der Waals surface area contributed by atoms with Gasteiger partial charge in [0.05, 0.1) is 6.61 Å². The number of ether oxygens (including phenoxy) is 1. The molecule has 0 saturated carbocycles. The van der Waals surface area contributed by atoms with E-state index < -0.39 is 6.04 Å². The Morgan fingerprint density at radius 2 is 1.96 bits per heavy atom. The van der Waals surface area contributed by atoms with Crippen LogP contribution in [0.4, 0.5) is 0 Å². The van der Waals surface area contributed by atoms with Gasteiger partial charge in [-0.25, -0.2) is 0 Å². The molecule has 5 nitrogen and oxygen atoms in total. The Balaban J connectivity index is 2.80. The Kier molecular flexibility index (Phi) is 8.66. The number of halogens is 1. The van der Waals surface area contributed by atoms with Gasteiger partial charge in [0.2, 0.25) is 11.8 Å². The average Bonchev–Trinajstić information content (AvgIpc) is 2.54. The van der Waals surface area contributed by atoms with Crippen molar-refractivity contribution in [3.8, 4) is 0 Å². The average molecular weight is 341 g/mol. The summed E-state index contributed by atoms with van der Waals surface area (Å²) in [5, 5.41) is 3.42. The second kappa shape index (κ2) is 10.2. The van der Waals surface area contributed by atoms with Gasteiger partial charge in [0.1, 0.15) is 6.04 Å². The highest BCUT2D eigenvalue weighted by Crippen LogP contribution is 2.14. The number of amides is 2. The summed E-state index contributed by atoms with van der Waals surface area (Å²) < 4.78 is 4.92. The molecule has 0 spiro atoms. The number of carbonyl (C=O) groups excluding carboxylic acids is 2. The third-order valence-electron chi connectivity index (χ3n) is 3.50. The first kappa shape index (κ1) is 19.5. The number of nitrogens with one attached hydrogen (secondary N) is 1. The summed E-state index contributed by atoms with van der Waals surface area (Å²) in [5.41, 5.74) is 0.940. The minimum atomic E-state index is -0.540. The summed E-state index contributed by atoms with van der Waals surface area (Å²) in [6, 6.07) is 6.75. The van der Waals surface area contributed by atoms with Crippen LogP contribution in [0.25, 0.3) is 0 Å². The molecular weight excluding hydrogens is 316 g/mol. The molecule has 0 bridgehead atoms. The number of hydrogen-bond donors (Lipinski definition) is 1. The highest BCUT2D eigenvalue weighted by atomic mass is 35.5. The largest absolute Gasteiger partial charge is 0.383 e. The van der Waals surface area contributed by atoms with E-state index in [4.69, 9.17) is 16.3 Å². The van der Waals surface area contributed by atoms with Crippen molar-refractivity contribution in [1.29, 1.82) is 0 Å². The molecule has 1 aromatic carbocycles. The quantitative estimate of drug-likeness (QED) is 0.703. The van der Waals surface area contributed by atoms with Crippen LogP contribution in [0.1, 0.15) is 32.3 Å². The van der Waals surface area contributed by atoms with Crippen molar-refractivity contribution in [3.63, 3.8) is 0 Å². The van der Waals surface area contributed by atoms with Gasteiger partial charge in [-0.05, 0) is 31.0 Å². The lowest BCUT2D eigenvalue weighted by Crippen LogP contribution is -2.48. The van der Waals surface area contributed by atoms with Gasteiger partial charge in [-0.1, -0.05) is 30.7 Å². The fourth-order valence-corrected chi connectivity index (χ4v) is 2.28. The molecule has 1 rings (SSSR count). The molecule has 2 amide bonds. The Bertz CT molecular complexity index is 505. The van der Waals surface area contributed by atoms with E-state index in [0.717, 1.165) is 12.0 Å². The fraction of sp³-hybridized carbons (Fsp3) is 0.529. The van der Waals surface area contributed by atoms with Crippen LogP contribution in [0.15, 0.2) is 24.3 Å². The summed E-state index contributed by atoms with van der Waals surface area (Å²) in [5.74, 6) is -0.211. The molecule has 0 unspecified atom stereocenters. The predicted molar refractivity (Wildman–Crippen MR) is 91.3 cm³/mol. The molecule has 0 radical (unpaired) electrons. The molecule has 0 heterocycles. The van der Waals surface area contributed by atoms with Gasteiger partial charge in [0.15, 0.2) is 0 Å². The van der Waals surface area contributed by atoms with Crippen LogP contribution in [0.3, 0.4) is 0 Å². The molecule has 0 aliphatic carbocycles. The minimum Gasteiger partial charge on any atom is -0.383 e. The van der Waals surface area contributed by atoms with Crippen molar-refractivity contribution in [2.24, 2.45) is 0 Å². The number of benzene rings is 1. The molecule has 128 valence electrons. The van der Waals surface area contributed by atoms with Crippen LogP contribution in [0, 0.1) is 0 Å². The molecule has 0 aliphatic heterocycles. The first-order chi connectivity index (χ1) is 11.0. The van der Waals surface area contributed by atoms with Crippen molar-refractivity contribution in [1.82, 2.24) is 10.2 Å². The normalized spacial score (nSPS) is 11.8. The molecule has 23 heavy (non-hydrogen) atoms. The van der Waals surface area contributed by atoms with Gasteiger partial charge in [-0.3, -0.25) is 9.59 Å². The maximum Gasteiger partial charge on any atom is 0.242 e. The van der Waals surface area contributed by atoms with Crippen molar-refractivity contribution in [3.05, 3.63) is 34.9 Å². The van der Waals surface area contributed by atoms with Gasteiger partial charge in [-0.15, -0.1) is 0 Å². The van der Waals surface area contributed by atoms with E-state index in [1.165, 1.54) is 0 Å². The van der Waals surface area contributed by atoms with E-state index in [2.05, 4.69) is 5.32 Å². The van der Waals surface area contributed by atoms with E-state index in [9.17, 15) is 9.59 Å². The lowest BCUT2D eigenvalue weighted by atomic mass is 10.1. The molecule has 0 saturated heterocycles. The molecule has 1 N–H and O–H groups in total. The van der Waals surface area contributed by atoms with Gasteiger partial charge in [0.25, 0.3) is 0 Å². The molecule has 0 fully saturated rings. The maximum atomic E-state index is 12.4. The third kappa shape index (κ3) is 6.59. The zero-order chi connectivity index (χ0) is 17.2. The zero-order valence-electron chi connectivity index (χ0n) is 14.0. The maximum absolute atomic E-state index is 12.4. The number of rotatable bonds is 9. The number of methoxy groups -OCH3 is 1. The Morgan fingerprint density at radius 3 is 2.52 bits per heavy atom. The molecule has 1 atom stereocenters. The Labute approximate surface area is 142 Å². The highest BCUT2D eigenvalue weighted by molar-refractivity contribution is 6.30. The van der Waals surface area contributed by atoms with Gasteiger partial charge >= 0.3 is 0 Å². The summed E-state index contributed by atoms with van der Waals surface area (Å²) >= 11 is 5.89. The lowest BCUT2D eigenvalue weighted by molar-refractivity contribution is -0.140. The van der Waals surface area contributed by atoms with Crippen LogP contribution in [0.2, 0.25) is 5.02 Å². The van der Waals surface area contributed by atoms with E-state index in [-0.39, 0.29) is 11.8 Å². The van der Waals surface area contributed by atoms with Crippen LogP contribution >= 0.6 is 11.6 Å². The molecule has 1 aromatic rings. The standard InChI is InChI=1S/C17H25ClN2O3/c1-4-5-16(21)20(12-14-6-8-15(18)9-7-14)13(2)17(22)19-10-11-23-3/h6-9,13H,4-5,10-12H2,1-3H3,(H,19,22)/t13-/m0/s1. The van der Waals surface area contributed by atoms with E-state index >= 15 is 0 Å². The Morgan fingerprint density at radius 1 is 1.30 bits per heavy atom. The Hall–Kier alpha value is -1.59. The van der Waals surface area contributed by atoms with Crippen LogP contribution in [0.5, 0.6) is 0 Å². The van der Waals surface area contributed by atoms with Crippen LogP contribution < -0.4 is 5.32 Å². The molecular formula is C17H25ClN2O3. The van der Waals surface area contributed by atoms with Gasteiger partial charge in [-0.2, -0.15) is 0 Å². The summed E-state index contributed by atoms with van der Waals surface area (Å²) in [6.07, 6.45) is 1.16. The number of nitrogens with zero attached hydrogens (tertiary/aromatic N) is 1. The summed E-state index contributed by atoms with van der Waals surface area (Å²) in [4.78, 5) is 26.2. The second-order valence-electron chi connectivity index (χ2n) is 5.36. The van der Waals surface area contributed by atoms with E-state index in [1.54, 1.807) is 31.1 Å². The topological polar surface area (TPSA) is 58.6 Å². The summed E-state index contributed by atoms with van der Waals surface area (Å²) in [7, 11) is 1.58. The van der Waals surface area contributed by atoms with Crippen molar-refractivity contribution in [2.75, 3.05) is 20.3 Å². The second-order valence-corrected chi connectivity index (χ2v) is 5.79. The van der Waals surface area contributed by atoms with Crippen LogP contribution in [-0.2, 0) is 20.9 Å². The predicted octanol–water partition coefficient (Wildman–Crippen LogP) is 2.62. The molecule has 0 aromatic heterocycles. The van der Waals surface area contributed by atoms with Crippen LogP contribution in [-0.4, -0.2) is 43.0 Å². The molecule has 6 heteroatoms. The number of hydrogen-bond acceptors (Lipinski definition) is 3. The SMILES string of the molecule is CCCC(=O)N(Cc1ccc(Cl)cc1)[C@@H](C)C(=O)NCCOC. The lowest BCUT2D eigenvalue weighted by Gasteiger charge is -2.28. The number of carbonyl (C=O) groups is 2. The smallest absolute Gasteiger partial charge is 0.242 e. The monoisotopic (exact) mass is 340 g/mol. The van der Waals surface area contributed by atoms with Crippen molar-refractivity contribution >= 4 is 23.4 Å². The van der Waals surface area contributed by atoms with E-state index in [1.807, 2.05) is 19.1 Å². The summed E-state index contributed by atoms with van der Waals surface area (Å²) in [6.45, 7) is 4.94.